The largest absolute Gasteiger partial charge is 0.329 e. The quantitative estimate of drug-likeness (QED) is 0.735. The summed E-state index contributed by atoms with van der Waals surface area (Å²) in [6.07, 6.45) is 6.60. The Hall–Kier alpha value is -0.0800. The van der Waals surface area contributed by atoms with E-state index in [1.54, 1.807) is 0 Å². The predicted octanol–water partition coefficient (Wildman–Crippen LogP) is 2.53. The summed E-state index contributed by atoms with van der Waals surface area (Å²) in [7, 11) is 0. The van der Waals surface area contributed by atoms with Crippen LogP contribution >= 0.6 is 0 Å². The van der Waals surface area contributed by atoms with Crippen molar-refractivity contribution in [2.75, 3.05) is 13.1 Å². The highest BCUT2D eigenvalue weighted by Gasteiger charge is 2.32. The highest BCUT2D eigenvalue weighted by atomic mass is 15.0. The molecule has 2 heteroatoms. The van der Waals surface area contributed by atoms with Crippen molar-refractivity contribution in [2.45, 2.75) is 58.4 Å². The average molecular weight is 212 g/mol. The van der Waals surface area contributed by atoms with Crippen LogP contribution in [-0.2, 0) is 0 Å². The van der Waals surface area contributed by atoms with Crippen LogP contribution in [0.5, 0.6) is 0 Å². The van der Waals surface area contributed by atoms with Gasteiger partial charge in [0.05, 0.1) is 0 Å². The molecule has 15 heavy (non-hydrogen) atoms. The Kier molecular flexibility index (Phi) is 5.07. The second-order valence-corrected chi connectivity index (χ2v) is 5.61. The number of hydrogen-bond acceptors (Lipinski definition) is 2. The molecule has 2 nitrogen and oxygen atoms in total. The Balaban J connectivity index is 2.41. The van der Waals surface area contributed by atoms with Gasteiger partial charge < -0.3 is 11.1 Å². The van der Waals surface area contributed by atoms with Crippen LogP contribution in [0, 0.1) is 11.8 Å². The minimum Gasteiger partial charge on any atom is -0.329 e. The molecule has 1 aliphatic rings. The molecule has 1 fully saturated rings. The maximum Gasteiger partial charge on any atom is 0.0304 e. The van der Waals surface area contributed by atoms with Gasteiger partial charge in [0, 0.05) is 12.1 Å². The second-order valence-electron chi connectivity index (χ2n) is 5.61. The molecule has 0 aromatic heterocycles. The molecule has 90 valence electrons. The third-order valence-corrected chi connectivity index (χ3v) is 3.92. The summed E-state index contributed by atoms with van der Waals surface area (Å²) < 4.78 is 0. The fraction of sp³-hybridized carbons (Fsp3) is 1.00. The summed E-state index contributed by atoms with van der Waals surface area (Å²) in [5.41, 5.74) is 6.21. The van der Waals surface area contributed by atoms with Gasteiger partial charge in [-0.1, -0.05) is 27.2 Å². The van der Waals surface area contributed by atoms with Crippen LogP contribution in [0.3, 0.4) is 0 Å². The number of hydrogen-bond donors (Lipinski definition) is 2. The van der Waals surface area contributed by atoms with Crippen LogP contribution in [0.1, 0.15) is 52.9 Å². The van der Waals surface area contributed by atoms with Gasteiger partial charge in [-0.2, -0.15) is 0 Å². The molecular weight excluding hydrogens is 184 g/mol. The van der Waals surface area contributed by atoms with E-state index in [-0.39, 0.29) is 5.54 Å². The van der Waals surface area contributed by atoms with E-state index in [9.17, 15) is 0 Å². The monoisotopic (exact) mass is 212 g/mol. The van der Waals surface area contributed by atoms with Crippen molar-refractivity contribution in [1.29, 1.82) is 0 Å². The lowest BCUT2D eigenvalue weighted by molar-refractivity contribution is 0.186. The van der Waals surface area contributed by atoms with Gasteiger partial charge in [0.2, 0.25) is 0 Å². The Morgan fingerprint density at radius 2 is 1.93 bits per heavy atom. The molecule has 0 aromatic rings. The Morgan fingerprint density at radius 3 is 2.33 bits per heavy atom. The van der Waals surface area contributed by atoms with Gasteiger partial charge in [-0.25, -0.2) is 0 Å². The molecule has 0 heterocycles. The van der Waals surface area contributed by atoms with Gasteiger partial charge in [0.1, 0.15) is 0 Å². The van der Waals surface area contributed by atoms with E-state index in [1.807, 2.05) is 0 Å². The lowest BCUT2D eigenvalue weighted by atomic mass is 9.75. The lowest BCUT2D eigenvalue weighted by Crippen LogP contribution is -2.54. The molecule has 0 atom stereocenters. The van der Waals surface area contributed by atoms with E-state index in [4.69, 9.17) is 5.73 Å². The van der Waals surface area contributed by atoms with Gasteiger partial charge in [-0.05, 0) is 44.1 Å². The van der Waals surface area contributed by atoms with E-state index in [0.717, 1.165) is 24.9 Å². The smallest absolute Gasteiger partial charge is 0.0304 e. The van der Waals surface area contributed by atoms with Crippen LogP contribution in [-0.4, -0.2) is 18.6 Å². The molecule has 0 saturated heterocycles. The van der Waals surface area contributed by atoms with Crippen LogP contribution in [0.15, 0.2) is 0 Å². The van der Waals surface area contributed by atoms with E-state index >= 15 is 0 Å². The third kappa shape index (κ3) is 3.76. The standard InChI is InChI=1S/C13H28N2/c1-4-12-5-7-13(10-14,8-6-12)15-9-11(2)3/h11-12,15H,4-10,14H2,1-3H3. The first-order chi connectivity index (χ1) is 7.12. The van der Waals surface area contributed by atoms with Crippen molar-refractivity contribution in [3.63, 3.8) is 0 Å². The van der Waals surface area contributed by atoms with Crippen molar-refractivity contribution in [2.24, 2.45) is 17.6 Å². The topological polar surface area (TPSA) is 38.0 Å². The van der Waals surface area contributed by atoms with Gasteiger partial charge in [-0.15, -0.1) is 0 Å². The first-order valence-corrected chi connectivity index (χ1v) is 6.57. The van der Waals surface area contributed by atoms with E-state index < -0.39 is 0 Å². The highest BCUT2D eigenvalue weighted by Crippen LogP contribution is 2.33. The zero-order valence-electron chi connectivity index (χ0n) is 10.7. The summed E-state index contributed by atoms with van der Waals surface area (Å²) in [6.45, 7) is 8.73. The molecule has 1 rings (SSSR count). The summed E-state index contributed by atoms with van der Waals surface area (Å²) in [4.78, 5) is 0. The molecule has 0 bridgehead atoms. The van der Waals surface area contributed by atoms with Gasteiger partial charge in [0.25, 0.3) is 0 Å². The Labute approximate surface area is 95.0 Å². The number of nitrogens with two attached hydrogens (primary N) is 1. The molecule has 1 aliphatic carbocycles. The molecule has 0 spiro atoms. The van der Waals surface area contributed by atoms with Gasteiger partial charge >= 0.3 is 0 Å². The van der Waals surface area contributed by atoms with Crippen molar-refractivity contribution >= 4 is 0 Å². The Morgan fingerprint density at radius 1 is 1.33 bits per heavy atom. The van der Waals surface area contributed by atoms with E-state index in [1.165, 1.54) is 32.1 Å². The minimum absolute atomic E-state index is 0.260. The van der Waals surface area contributed by atoms with Crippen molar-refractivity contribution < 1.29 is 0 Å². The normalized spacial score (nSPS) is 32.2. The van der Waals surface area contributed by atoms with Crippen LogP contribution < -0.4 is 11.1 Å². The molecule has 0 unspecified atom stereocenters. The summed E-state index contributed by atoms with van der Waals surface area (Å²) in [5, 5.41) is 3.70. The fourth-order valence-electron chi connectivity index (χ4n) is 2.51. The van der Waals surface area contributed by atoms with Crippen molar-refractivity contribution in [3.8, 4) is 0 Å². The SMILES string of the molecule is CCC1CCC(CN)(NCC(C)C)CC1. The molecular formula is C13H28N2. The van der Waals surface area contributed by atoms with Crippen LogP contribution in [0.4, 0.5) is 0 Å². The summed E-state index contributed by atoms with van der Waals surface area (Å²) in [6, 6.07) is 0. The maximum absolute atomic E-state index is 5.95. The van der Waals surface area contributed by atoms with E-state index in [0.29, 0.717) is 0 Å². The third-order valence-electron chi connectivity index (χ3n) is 3.92. The highest BCUT2D eigenvalue weighted by molar-refractivity contribution is 4.93. The average Bonchev–Trinajstić information content (AvgIpc) is 2.27. The zero-order valence-corrected chi connectivity index (χ0v) is 10.7. The molecule has 0 amide bonds. The maximum atomic E-state index is 5.95. The summed E-state index contributed by atoms with van der Waals surface area (Å²) in [5.74, 6) is 1.67. The molecule has 0 aliphatic heterocycles. The van der Waals surface area contributed by atoms with Crippen molar-refractivity contribution in [3.05, 3.63) is 0 Å². The molecule has 1 saturated carbocycles. The van der Waals surface area contributed by atoms with Gasteiger partial charge in [-0.3, -0.25) is 0 Å². The molecule has 3 N–H and O–H groups in total. The lowest BCUT2D eigenvalue weighted by Gasteiger charge is -2.40. The van der Waals surface area contributed by atoms with Crippen molar-refractivity contribution in [1.82, 2.24) is 5.32 Å². The first-order valence-electron chi connectivity index (χ1n) is 6.57. The number of nitrogens with one attached hydrogen (secondary N) is 1. The minimum atomic E-state index is 0.260. The Bertz CT molecular complexity index is 169. The molecule has 0 radical (unpaired) electrons. The van der Waals surface area contributed by atoms with Gasteiger partial charge in [0.15, 0.2) is 0 Å². The molecule has 0 aromatic carbocycles. The van der Waals surface area contributed by atoms with Crippen LogP contribution in [0.2, 0.25) is 0 Å². The zero-order chi connectivity index (χ0) is 11.3. The van der Waals surface area contributed by atoms with Crippen LogP contribution in [0.25, 0.3) is 0 Å². The fourth-order valence-corrected chi connectivity index (χ4v) is 2.51. The predicted molar refractivity (Wildman–Crippen MR) is 66.9 cm³/mol. The van der Waals surface area contributed by atoms with E-state index in [2.05, 4.69) is 26.1 Å². The summed E-state index contributed by atoms with van der Waals surface area (Å²) >= 11 is 0. The first kappa shape index (κ1) is 13.0. The number of rotatable bonds is 5. The second kappa shape index (κ2) is 5.86.